The zero-order valence-electron chi connectivity index (χ0n) is 12.6. The summed E-state index contributed by atoms with van der Waals surface area (Å²) in [5, 5.41) is 13.0. The summed E-state index contributed by atoms with van der Waals surface area (Å²) in [4.78, 5) is 11.9. The molecule has 1 atom stereocenters. The third-order valence-electron chi connectivity index (χ3n) is 3.40. The van der Waals surface area contributed by atoms with Gasteiger partial charge >= 0.3 is 0 Å². The highest BCUT2D eigenvalue weighted by Gasteiger charge is 2.15. The summed E-state index contributed by atoms with van der Waals surface area (Å²) in [6.07, 6.45) is 4.18. The minimum atomic E-state index is -0.730. The molecule has 0 bridgehead atoms. The molecule has 1 aromatic rings. The lowest BCUT2D eigenvalue weighted by molar-refractivity contribution is -0.118. The van der Waals surface area contributed by atoms with Gasteiger partial charge in [-0.1, -0.05) is 18.2 Å². The number of rotatable bonds is 6. The van der Waals surface area contributed by atoms with Crippen LogP contribution in [0.25, 0.3) is 0 Å². The molecule has 1 aliphatic carbocycles. The zero-order chi connectivity index (χ0) is 15.2. The molecule has 0 radical (unpaired) electrons. The van der Waals surface area contributed by atoms with E-state index in [9.17, 15) is 9.90 Å². The first-order valence-corrected chi connectivity index (χ1v) is 7.48. The Labute approximate surface area is 125 Å². The van der Waals surface area contributed by atoms with Gasteiger partial charge in [0, 0.05) is 12.1 Å². The van der Waals surface area contributed by atoms with Gasteiger partial charge in [0.1, 0.15) is 5.75 Å². The first-order chi connectivity index (χ1) is 10.1. The Hall–Kier alpha value is -1.81. The highest BCUT2D eigenvalue weighted by molar-refractivity contribution is 5.93. The van der Waals surface area contributed by atoms with Crippen molar-refractivity contribution in [1.82, 2.24) is 5.32 Å². The van der Waals surface area contributed by atoms with Crippen molar-refractivity contribution in [2.45, 2.75) is 45.3 Å². The summed E-state index contributed by atoms with van der Waals surface area (Å²) in [5.74, 6) is 0.660. The molecular weight excluding hydrogens is 266 g/mol. The lowest BCUT2D eigenvalue weighted by atomic mass is 10.1. The molecule has 2 rings (SSSR count). The SMILES string of the molecule is CC(C)Oc1cccc(C(O)CNC(=O)C2=CCCC2)c1. The van der Waals surface area contributed by atoms with Crippen LogP contribution in [-0.2, 0) is 4.79 Å². The Balaban J connectivity index is 1.90. The van der Waals surface area contributed by atoms with Gasteiger partial charge in [-0.05, 0) is 50.8 Å². The van der Waals surface area contributed by atoms with Gasteiger partial charge in [0.25, 0.3) is 0 Å². The number of hydrogen-bond acceptors (Lipinski definition) is 3. The van der Waals surface area contributed by atoms with Crippen molar-refractivity contribution in [3.8, 4) is 5.75 Å². The number of aliphatic hydroxyl groups is 1. The first-order valence-electron chi connectivity index (χ1n) is 7.48. The molecule has 1 unspecified atom stereocenters. The minimum Gasteiger partial charge on any atom is -0.491 e. The molecule has 0 heterocycles. The van der Waals surface area contributed by atoms with Gasteiger partial charge in [0.05, 0.1) is 12.2 Å². The third-order valence-corrected chi connectivity index (χ3v) is 3.40. The van der Waals surface area contributed by atoms with E-state index in [0.717, 1.165) is 36.1 Å². The van der Waals surface area contributed by atoms with E-state index in [1.54, 1.807) is 0 Å². The molecule has 114 valence electrons. The van der Waals surface area contributed by atoms with Crippen molar-refractivity contribution >= 4 is 5.91 Å². The van der Waals surface area contributed by atoms with Gasteiger partial charge in [-0.3, -0.25) is 4.79 Å². The second-order valence-electron chi connectivity index (χ2n) is 5.59. The predicted octanol–water partition coefficient (Wildman–Crippen LogP) is 2.73. The Morgan fingerprint density at radius 2 is 2.24 bits per heavy atom. The van der Waals surface area contributed by atoms with Crippen LogP contribution >= 0.6 is 0 Å². The number of aliphatic hydroxyl groups excluding tert-OH is 1. The van der Waals surface area contributed by atoms with Crippen molar-refractivity contribution in [1.29, 1.82) is 0 Å². The fraction of sp³-hybridized carbons (Fsp3) is 0.471. The van der Waals surface area contributed by atoms with Crippen LogP contribution < -0.4 is 10.1 Å². The van der Waals surface area contributed by atoms with E-state index in [1.807, 2.05) is 44.2 Å². The maximum Gasteiger partial charge on any atom is 0.246 e. The van der Waals surface area contributed by atoms with Crippen LogP contribution in [0.3, 0.4) is 0 Å². The average molecular weight is 289 g/mol. The molecule has 0 aromatic heterocycles. The fourth-order valence-electron chi connectivity index (χ4n) is 2.37. The molecule has 21 heavy (non-hydrogen) atoms. The molecular formula is C17H23NO3. The molecule has 1 amide bonds. The monoisotopic (exact) mass is 289 g/mol. The van der Waals surface area contributed by atoms with Gasteiger partial charge in [-0.2, -0.15) is 0 Å². The summed E-state index contributed by atoms with van der Waals surface area (Å²) < 4.78 is 5.60. The van der Waals surface area contributed by atoms with E-state index >= 15 is 0 Å². The Morgan fingerprint density at radius 1 is 1.43 bits per heavy atom. The lowest BCUT2D eigenvalue weighted by Crippen LogP contribution is -2.29. The van der Waals surface area contributed by atoms with Crippen LogP contribution in [0.2, 0.25) is 0 Å². The fourth-order valence-corrected chi connectivity index (χ4v) is 2.37. The number of nitrogens with one attached hydrogen (secondary N) is 1. The predicted molar refractivity (Wildman–Crippen MR) is 82.1 cm³/mol. The Kier molecular flexibility index (Phi) is 5.39. The molecule has 2 N–H and O–H groups in total. The van der Waals surface area contributed by atoms with E-state index < -0.39 is 6.10 Å². The average Bonchev–Trinajstić information content (AvgIpc) is 2.98. The van der Waals surface area contributed by atoms with Crippen molar-refractivity contribution in [2.24, 2.45) is 0 Å². The van der Waals surface area contributed by atoms with Crippen LogP contribution in [0.15, 0.2) is 35.9 Å². The second-order valence-corrected chi connectivity index (χ2v) is 5.59. The van der Waals surface area contributed by atoms with Crippen LogP contribution in [0.5, 0.6) is 5.75 Å². The van der Waals surface area contributed by atoms with Gasteiger partial charge in [-0.25, -0.2) is 0 Å². The zero-order valence-corrected chi connectivity index (χ0v) is 12.6. The summed E-state index contributed by atoms with van der Waals surface area (Å²) >= 11 is 0. The Morgan fingerprint density at radius 3 is 2.90 bits per heavy atom. The van der Waals surface area contributed by atoms with Gasteiger partial charge in [0.2, 0.25) is 5.91 Å². The summed E-state index contributed by atoms with van der Waals surface area (Å²) in [5.41, 5.74) is 1.58. The number of benzene rings is 1. The van der Waals surface area contributed by atoms with Crippen molar-refractivity contribution in [3.63, 3.8) is 0 Å². The number of ether oxygens (including phenoxy) is 1. The quantitative estimate of drug-likeness (QED) is 0.846. The minimum absolute atomic E-state index is 0.0684. The van der Waals surface area contributed by atoms with Crippen LogP contribution in [0.4, 0.5) is 0 Å². The standard InChI is InChI=1S/C17H23NO3/c1-12(2)21-15-9-5-8-14(10-15)16(19)11-18-17(20)13-6-3-4-7-13/h5-6,8-10,12,16,19H,3-4,7,11H2,1-2H3,(H,18,20). The molecule has 1 aromatic carbocycles. The second kappa shape index (κ2) is 7.27. The molecule has 0 spiro atoms. The maximum absolute atomic E-state index is 11.9. The molecule has 4 heteroatoms. The lowest BCUT2D eigenvalue weighted by Gasteiger charge is -2.15. The molecule has 0 aliphatic heterocycles. The Bertz CT molecular complexity index is 523. The number of carbonyl (C=O) groups is 1. The van der Waals surface area contributed by atoms with Gasteiger partial charge < -0.3 is 15.2 Å². The first kappa shape index (κ1) is 15.6. The summed E-state index contributed by atoms with van der Waals surface area (Å²) in [7, 11) is 0. The molecule has 4 nitrogen and oxygen atoms in total. The van der Waals surface area contributed by atoms with E-state index in [-0.39, 0.29) is 18.6 Å². The number of hydrogen-bond donors (Lipinski definition) is 2. The number of allylic oxidation sites excluding steroid dienone is 1. The normalized spacial score (nSPS) is 15.7. The largest absolute Gasteiger partial charge is 0.491 e. The number of amides is 1. The van der Waals surface area contributed by atoms with E-state index in [1.165, 1.54) is 0 Å². The molecule has 0 saturated carbocycles. The van der Waals surface area contributed by atoms with Crippen LogP contribution in [0, 0.1) is 0 Å². The summed E-state index contributed by atoms with van der Waals surface area (Å²) in [6, 6.07) is 7.35. The third kappa shape index (κ3) is 4.60. The van der Waals surface area contributed by atoms with E-state index in [0.29, 0.717) is 0 Å². The van der Waals surface area contributed by atoms with Crippen molar-refractivity contribution in [3.05, 3.63) is 41.5 Å². The smallest absolute Gasteiger partial charge is 0.246 e. The van der Waals surface area contributed by atoms with Gasteiger partial charge in [-0.15, -0.1) is 0 Å². The molecule has 0 saturated heterocycles. The van der Waals surface area contributed by atoms with Crippen LogP contribution in [0.1, 0.15) is 44.8 Å². The van der Waals surface area contributed by atoms with Crippen LogP contribution in [-0.4, -0.2) is 23.7 Å². The molecule has 1 aliphatic rings. The topological polar surface area (TPSA) is 58.6 Å². The highest BCUT2D eigenvalue weighted by atomic mass is 16.5. The van der Waals surface area contributed by atoms with E-state index in [2.05, 4.69) is 5.32 Å². The van der Waals surface area contributed by atoms with E-state index in [4.69, 9.17) is 4.74 Å². The van der Waals surface area contributed by atoms with Crippen molar-refractivity contribution in [2.75, 3.05) is 6.54 Å². The maximum atomic E-state index is 11.9. The van der Waals surface area contributed by atoms with Crippen molar-refractivity contribution < 1.29 is 14.6 Å². The van der Waals surface area contributed by atoms with Gasteiger partial charge in [0.15, 0.2) is 0 Å². The molecule has 0 fully saturated rings. The number of carbonyl (C=O) groups excluding carboxylic acids is 1. The summed E-state index contributed by atoms with van der Waals surface area (Å²) in [6.45, 7) is 4.12. The highest BCUT2D eigenvalue weighted by Crippen LogP contribution is 2.21.